The van der Waals surface area contributed by atoms with E-state index in [1.807, 2.05) is 25.2 Å². The second kappa shape index (κ2) is 7.56. The number of carboxylic acids is 1. The Hall–Kier alpha value is -1.88. The van der Waals surface area contributed by atoms with Gasteiger partial charge in [-0.1, -0.05) is 43.5 Å². The first kappa shape index (κ1) is 17.9. The Morgan fingerprint density at radius 1 is 1.24 bits per heavy atom. The summed E-state index contributed by atoms with van der Waals surface area (Å²) < 4.78 is 0. The number of carbonyl (C=O) groups is 1. The molecule has 2 aliphatic rings. The molecule has 1 unspecified atom stereocenters. The molecule has 0 bridgehead atoms. The lowest BCUT2D eigenvalue weighted by Gasteiger charge is -2.37. The number of aliphatic imine (C=N–C) groups is 1. The molecule has 1 aromatic rings. The topological polar surface area (TPSA) is 73.1 Å². The number of likely N-dealkylation sites (N-methyl/N-ethyl adjacent to an activating group) is 1. The predicted molar refractivity (Wildman–Crippen MR) is 97.8 cm³/mol. The molecule has 5 heteroatoms. The number of rotatable bonds is 5. The Bertz CT molecular complexity index is 652. The molecule has 1 heterocycles. The van der Waals surface area contributed by atoms with Crippen LogP contribution in [0, 0.1) is 5.92 Å². The molecule has 136 valence electrons. The molecule has 25 heavy (non-hydrogen) atoms. The van der Waals surface area contributed by atoms with Crippen molar-refractivity contribution in [3.05, 3.63) is 35.4 Å². The third-order valence-corrected chi connectivity index (χ3v) is 5.69. The van der Waals surface area contributed by atoms with E-state index in [2.05, 4.69) is 9.89 Å². The zero-order chi connectivity index (χ0) is 17.9. The molecule has 0 spiro atoms. The molecule has 0 radical (unpaired) electrons. The van der Waals surface area contributed by atoms with Crippen molar-refractivity contribution in [1.82, 2.24) is 4.90 Å². The lowest BCUT2D eigenvalue weighted by molar-refractivity contribution is -0.168. The van der Waals surface area contributed by atoms with Crippen molar-refractivity contribution in [2.45, 2.75) is 50.5 Å². The zero-order valence-electron chi connectivity index (χ0n) is 14.9. The lowest BCUT2D eigenvalue weighted by atomic mass is 9.72. The summed E-state index contributed by atoms with van der Waals surface area (Å²) in [4.78, 5) is 18.9. The Morgan fingerprint density at radius 2 is 1.96 bits per heavy atom. The minimum Gasteiger partial charge on any atom is -0.479 e. The summed E-state index contributed by atoms with van der Waals surface area (Å²) in [5, 5.41) is 21.2. The van der Waals surface area contributed by atoms with E-state index in [9.17, 15) is 15.0 Å². The molecule has 1 saturated carbocycles. The third kappa shape index (κ3) is 3.56. The van der Waals surface area contributed by atoms with E-state index in [0.29, 0.717) is 12.0 Å². The van der Waals surface area contributed by atoms with Crippen LogP contribution in [-0.2, 0) is 16.8 Å². The van der Waals surface area contributed by atoms with Gasteiger partial charge in [-0.25, -0.2) is 4.79 Å². The summed E-state index contributed by atoms with van der Waals surface area (Å²) in [5.74, 6) is -0.396. The summed E-state index contributed by atoms with van der Waals surface area (Å²) in [6, 6.07) is 7.44. The van der Waals surface area contributed by atoms with Gasteiger partial charge in [0.2, 0.25) is 0 Å². The number of hydrogen-bond acceptors (Lipinski definition) is 4. The molecular formula is C20H28N2O3. The summed E-state index contributed by atoms with van der Waals surface area (Å²) >= 11 is 0. The number of hydrogen-bond donors (Lipinski definition) is 2. The fraction of sp³-hybridized carbons (Fsp3) is 0.600. The van der Waals surface area contributed by atoms with Crippen LogP contribution in [0.15, 0.2) is 29.3 Å². The van der Waals surface area contributed by atoms with Gasteiger partial charge in [-0.05, 0) is 30.4 Å². The van der Waals surface area contributed by atoms with Crippen LogP contribution in [0.4, 0.5) is 0 Å². The maximum atomic E-state index is 12.1. The Morgan fingerprint density at radius 3 is 2.64 bits per heavy atom. The van der Waals surface area contributed by atoms with E-state index < -0.39 is 11.6 Å². The van der Waals surface area contributed by atoms with Gasteiger partial charge < -0.3 is 15.1 Å². The number of carboxylic acid groups (broad SMARTS) is 1. The molecule has 1 aliphatic heterocycles. The number of amidine groups is 1. The van der Waals surface area contributed by atoms with Crippen LogP contribution in [0.1, 0.15) is 49.7 Å². The number of nitrogens with zero attached hydrogens (tertiary/aromatic N) is 2. The van der Waals surface area contributed by atoms with Gasteiger partial charge in [-0.3, -0.25) is 4.99 Å². The van der Waals surface area contributed by atoms with Gasteiger partial charge in [0.05, 0.1) is 0 Å². The fourth-order valence-corrected chi connectivity index (χ4v) is 4.20. The van der Waals surface area contributed by atoms with Crippen LogP contribution < -0.4 is 0 Å². The Labute approximate surface area is 149 Å². The summed E-state index contributed by atoms with van der Waals surface area (Å²) in [5.41, 5.74) is -0.410. The van der Waals surface area contributed by atoms with Gasteiger partial charge in [0.25, 0.3) is 0 Å². The highest BCUT2D eigenvalue weighted by molar-refractivity contribution is 5.86. The molecular weight excluding hydrogens is 316 g/mol. The first-order valence-electron chi connectivity index (χ1n) is 9.32. The van der Waals surface area contributed by atoms with Gasteiger partial charge in [-0.2, -0.15) is 0 Å². The van der Waals surface area contributed by atoms with Gasteiger partial charge in [0.15, 0.2) is 5.60 Å². The molecule has 1 aromatic carbocycles. The standard InChI is InChI=1S/C20H28N2O3/c1-22-13-7-12-21-18(22)14-15-8-5-6-11-17(15)20(25,19(23)24)16-9-3-2-4-10-16/h5-6,8,11,16,25H,2-4,7,9-10,12-14H2,1H3,(H,23,24). The quantitative estimate of drug-likeness (QED) is 0.861. The van der Waals surface area contributed by atoms with Gasteiger partial charge in [0.1, 0.15) is 5.84 Å². The SMILES string of the molecule is CN1CCCN=C1Cc1ccccc1C(O)(C(=O)O)C1CCCCC1. The maximum Gasteiger partial charge on any atom is 0.340 e. The molecule has 0 aromatic heterocycles. The first-order chi connectivity index (χ1) is 12.0. The van der Waals surface area contributed by atoms with Crippen LogP contribution in [0.2, 0.25) is 0 Å². The highest BCUT2D eigenvalue weighted by atomic mass is 16.4. The van der Waals surface area contributed by atoms with E-state index in [1.165, 1.54) is 0 Å². The van der Waals surface area contributed by atoms with Crippen molar-refractivity contribution < 1.29 is 15.0 Å². The monoisotopic (exact) mass is 344 g/mol. The molecule has 2 N–H and O–H groups in total. The van der Waals surface area contributed by atoms with E-state index in [4.69, 9.17) is 0 Å². The third-order valence-electron chi connectivity index (χ3n) is 5.69. The Kier molecular flexibility index (Phi) is 5.42. The maximum absolute atomic E-state index is 12.1. The van der Waals surface area contributed by atoms with Crippen molar-refractivity contribution >= 4 is 11.8 Å². The van der Waals surface area contributed by atoms with E-state index in [1.54, 1.807) is 6.07 Å². The largest absolute Gasteiger partial charge is 0.479 e. The number of benzene rings is 1. The number of aliphatic hydroxyl groups is 1. The highest BCUT2D eigenvalue weighted by Gasteiger charge is 2.47. The molecule has 5 nitrogen and oxygen atoms in total. The second-order valence-corrected chi connectivity index (χ2v) is 7.31. The average molecular weight is 344 g/mol. The minimum atomic E-state index is -1.81. The Balaban J connectivity index is 1.97. The van der Waals surface area contributed by atoms with E-state index >= 15 is 0 Å². The average Bonchev–Trinajstić information content (AvgIpc) is 2.64. The first-order valence-corrected chi connectivity index (χ1v) is 9.32. The molecule has 1 atom stereocenters. The van der Waals surface area contributed by atoms with E-state index in [-0.39, 0.29) is 5.92 Å². The smallest absolute Gasteiger partial charge is 0.340 e. The molecule has 1 fully saturated rings. The van der Waals surface area contributed by atoms with Crippen molar-refractivity contribution in [2.24, 2.45) is 10.9 Å². The summed E-state index contributed by atoms with van der Waals surface area (Å²) in [6.45, 7) is 1.78. The van der Waals surface area contributed by atoms with Crippen LogP contribution in [0.25, 0.3) is 0 Å². The predicted octanol–water partition coefficient (Wildman–Crippen LogP) is 2.82. The van der Waals surface area contributed by atoms with Crippen LogP contribution >= 0.6 is 0 Å². The minimum absolute atomic E-state index is 0.231. The van der Waals surface area contributed by atoms with Crippen LogP contribution in [0.3, 0.4) is 0 Å². The van der Waals surface area contributed by atoms with Crippen molar-refractivity contribution in [3.63, 3.8) is 0 Å². The number of aliphatic carboxylic acids is 1. The van der Waals surface area contributed by atoms with Crippen LogP contribution in [0.5, 0.6) is 0 Å². The van der Waals surface area contributed by atoms with Crippen molar-refractivity contribution in [3.8, 4) is 0 Å². The van der Waals surface area contributed by atoms with E-state index in [0.717, 1.165) is 63.0 Å². The van der Waals surface area contributed by atoms with Crippen molar-refractivity contribution in [2.75, 3.05) is 20.1 Å². The highest BCUT2D eigenvalue weighted by Crippen LogP contribution is 2.41. The zero-order valence-corrected chi connectivity index (χ0v) is 14.9. The normalized spacial score (nSPS) is 21.5. The fourth-order valence-electron chi connectivity index (χ4n) is 4.20. The van der Waals surface area contributed by atoms with Gasteiger partial charge in [0, 0.05) is 32.5 Å². The molecule has 1 aliphatic carbocycles. The lowest BCUT2D eigenvalue weighted by Crippen LogP contribution is -2.45. The van der Waals surface area contributed by atoms with Crippen LogP contribution in [-0.4, -0.2) is 47.1 Å². The summed E-state index contributed by atoms with van der Waals surface area (Å²) in [7, 11) is 2.02. The van der Waals surface area contributed by atoms with Crippen molar-refractivity contribution in [1.29, 1.82) is 0 Å². The van der Waals surface area contributed by atoms with Gasteiger partial charge >= 0.3 is 5.97 Å². The molecule has 0 saturated heterocycles. The molecule has 0 amide bonds. The summed E-state index contributed by atoms with van der Waals surface area (Å²) in [6.07, 6.45) is 6.22. The molecule has 3 rings (SSSR count). The second-order valence-electron chi connectivity index (χ2n) is 7.31. The van der Waals surface area contributed by atoms with Gasteiger partial charge in [-0.15, -0.1) is 0 Å².